The standard InChI is InChI=1S/C43H64O5/c1-2-3-4-5-6-7-8-9-10-11-12-13-14-24-31-44-32-33-45-34-35-46-36-37-47-38-39-48-43(40-25-18-15-19-26-40,41-27-20-16-21-28-41)42-29-22-17-23-30-42/h15-23,25-30H,2-14,24,31-39H2,1H3. The molecule has 266 valence electrons. The van der Waals surface area contributed by atoms with E-state index in [9.17, 15) is 0 Å². The lowest BCUT2D eigenvalue weighted by molar-refractivity contribution is -0.0384. The maximum absolute atomic E-state index is 6.74. The quantitative estimate of drug-likeness (QED) is 0.0508. The van der Waals surface area contributed by atoms with E-state index in [0.29, 0.717) is 52.9 Å². The highest BCUT2D eigenvalue weighted by Gasteiger charge is 2.37. The van der Waals surface area contributed by atoms with E-state index in [0.717, 1.165) is 29.7 Å². The molecule has 0 saturated carbocycles. The van der Waals surface area contributed by atoms with Crippen LogP contribution >= 0.6 is 0 Å². The van der Waals surface area contributed by atoms with Crippen LogP contribution in [0.4, 0.5) is 0 Å². The molecule has 0 N–H and O–H groups in total. The summed E-state index contributed by atoms with van der Waals surface area (Å²) in [5.74, 6) is 0. The van der Waals surface area contributed by atoms with E-state index < -0.39 is 5.60 Å². The topological polar surface area (TPSA) is 46.2 Å². The van der Waals surface area contributed by atoms with Gasteiger partial charge in [0.05, 0.1) is 52.9 Å². The first kappa shape index (κ1) is 39.9. The molecule has 0 fully saturated rings. The van der Waals surface area contributed by atoms with Crippen molar-refractivity contribution in [3.05, 3.63) is 108 Å². The molecular weight excluding hydrogens is 596 g/mol. The van der Waals surface area contributed by atoms with Gasteiger partial charge in [-0.3, -0.25) is 0 Å². The van der Waals surface area contributed by atoms with Crippen LogP contribution < -0.4 is 0 Å². The second kappa shape index (κ2) is 27.3. The normalized spacial score (nSPS) is 11.7. The highest BCUT2D eigenvalue weighted by Crippen LogP contribution is 2.40. The molecule has 48 heavy (non-hydrogen) atoms. The Bertz CT molecular complexity index is 1010. The van der Waals surface area contributed by atoms with E-state index in [4.69, 9.17) is 23.7 Å². The van der Waals surface area contributed by atoms with Crippen molar-refractivity contribution in [3.8, 4) is 0 Å². The van der Waals surface area contributed by atoms with Crippen molar-refractivity contribution < 1.29 is 23.7 Å². The SMILES string of the molecule is CCCCCCCCCCCCCCCCOCCOCCOCCOCCOC(c1ccccc1)(c1ccccc1)c1ccccc1. The van der Waals surface area contributed by atoms with Crippen LogP contribution in [-0.4, -0.2) is 59.5 Å². The van der Waals surface area contributed by atoms with Gasteiger partial charge in [0.15, 0.2) is 0 Å². The Hall–Kier alpha value is -2.54. The summed E-state index contributed by atoms with van der Waals surface area (Å²) in [5.41, 5.74) is 2.54. The largest absolute Gasteiger partial charge is 0.379 e. The smallest absolute Gasteiger partial charge is 0.143 e. The molecule has 0 aliphatic rings. The molecule has 0 heterocycles. The monoisotopic (exact) mass is 660 g/mol. The third-order valence-corrected chi connectivity index (χ3v) is 8.85. The Morgan fingerprint density at radius 3 is 0.979 bits per heavy atom. The summed E-state index contributed by atoms with van der Waals surface area (Å²) in [4.78, 5) is 0. The van der Waals surface area contributed by atoms with Gasteiger partial charge in [0.25, 0.3) is 0 Å². The molecule has 0 aliphatic heterocycles. The first-order chi connectivity index (χ1) is 23.9. The number of unbranched alkanes of at least 4 members (excludes halogenated alkanes) is 13. The summed E-state index contributed by atoms with van der Waals surface area (Å²) in [6.45, 7) is 7.47. The molecule has 0 amide bonds. The second-order valence-electron chi connectivity index (χ2n) is 12.7. The van der Waals surface area contributed by atoms with E-state index >= 15 is 0 Å². The van der Waals surface area contributed by atoms with Gasteiger partial charge in [-0.05, 0) is 23.1 Å². The molecule has 0 bridgehead atoms. The summed E-state index contributed by atoms with van der Waals surface area (Å²) in [6, 6.07) is 31.2. The molecule has 5 nitrogen and oxygen atoms in total. The molecule has 3 aromatic rings. The van der Waals surface area contributed by atoms with Crippen LogP contribution in [0.25, 0.3) is 0 Å². The minimum absolute atomic E-state index is 0.446. The Balaban J connectivity index is 1.14. The van der Waals surface area contributed by atoms with Crippen molar-refractivity contribution in [2.75, 3.05) is 59.5 Å². The molecule has 0 radical (unpaired) electrons. The molecule has 5 heteroatoms. The van der Waals surface area contributed by atoms with E-state index in [-0.39, 0.29) is 0 Å². The van der Waals surface area contributed by atoms with Gasteiger partial charge in [0.2, 0.25) is 0 Å². The minimum Gasteiger partial charge on any atom is -0.379 e. The van der Waals surface area contributed by atoms with Gasteiger partial charge in [-0.2, -0.15) is 0 Å². The van der Waals surface area contributed by atoms with Gasteiger partial charge in [-0.25, -0.2) is 0 Å². The lowest BCUT2D eigenvalue weighted by Crippen LogP contribution is -2.34. The predicted molar refractivity (Wildman–Crippen MR) is 199 cm³/mol. The zero-order chi connectivity index (χ0) is 33.6. The maximum atomic E-state index is 6.74. The molecule has 3 rings (SSSR count). The van der Waals surface area contributed by atoms with Crippen LogP contribution in [0.5, 0.6) is 0 Å². The first-order valence-electron chi connectivity index (χ1n) is 19.0. The molecule has 0 spiro atoms. The summed E-state index contributed by atoms with van der Waals surface area (Å²) in [5, 5.41) is 0. The molecule has 3 aromatic carbocycles. The lowest BCUT2D eigenvalue weighted by atomic mass is 9.80. The van der Waals surface area contributed by atoms with Crippen LogP contribution in [0.3, 0.4) is 0 Å². The van der Waals surface area contributed by atoms with Crippen molar-refractivity contribution in [1.82, 2.24) is 0 Å². The number of ether oxygens (including phenoxy) is 5. The third kappa shape index (κ3) is 16.2. The Kier molecular flexibility index (Phi) is 22.7. The number of benzene rings is 3. The summed E-state index contributed by atoms with van der Waals surface area (Å²) < 4.78 is 29.7. The van der Waals surface area contributed by atoms with E-state index in [2.05, 4.69) is 79.7 Å². The number of hydrogen-bond donors (Lipinski definition) is 0. The summed E-state index contributed by atoms with van der Waals surface area (Å²) in [7, 11) is 0. The second-order valence-corrected chi connectivity index (χ2v) is 12.7. The van der Waals surface area contributed by atoms with Crippen LogP contribution in [0.2, 0.25) is 0 Å². The molecule has 0 atom stereocenters. The van der Waals surface area contributed by atoms with Crippen molar-refractivity contribution in [3.63, 3.8) is 0 Å². The number of hydrogen-bond acceptors (Lipinski definition) is 5. The fourth-order valence-corrected chi connectivity index (χ4v) is 6.18. The van der Waals surface area contributed by atoms with Crippen LogP contribution in [0.15, 0.2) is 91.0 Å². The van der Waals surface area contributed by atoms with Gasteiger partial charge in [-0.15, -0.1) is 0 Å². The predicted octanol–water partition coefficient (Wildman–Crippen LogP) is 10.5. The average Bonchev–Trinajstić information content (AvgIpc) is 3.14. The van der Waals surface area contributed by atoms with E-state index in [1.165, 1.54) is 83.5 Å². The fourth-order valence-electron chi connectivity index (χ4n) is 6.18. The zero-order valence-corrected chi connectivity index (χ0v) is 30.0. The number of rotatable bonds is 31. The minimum atomic E-state index is -0.725. The lowest BCUT2D eigenvalue weighted by Gasteiger charge is -2.36. The average molecular weight is 661 g/mol. The fraction of sp³-hybridized carbons (Fsp3) is 0.581. The molecule has 0 unspecified atom stereocenters. The van der Waals surface area contributed by atoms with E-state index in [1.54, 1.807) is 0 Å². The molecular formula is C43H64O5. The highest BCUT2D eigenvalue weighted by molar-refractivity contribution is 5.47. The maximum Gasteiger partial charge on any atom is 0.143 e. The van der Waals surface area contributed by atoms with Crippen LogP contribution in [-0.2, 0) is 29.3 Å². The highest BCUT2D eigenvalue weighted by atomic mass is 16.6. The van der Waals surface area contributed by atoms with Crippen molar-refractivity contribution >= 4 is 0 Å². The Morgan fingerprint density at radius 1 is 0.333 bits per heavy atom. The van der Waals surface area contributed by atoms with Crippen molar-refractivity contribution in [2.24, 2.45) is 0 Å². The van der Waals surface area contributed by atoms with Gasteiger partial charge in [0, 0.05) is 6.61 Å². The third-order valence-electron chi connectivity index (χ3n) is 8.85. The van der Waals surface area contributed by atoms with Gasteiger partial charge < -0.3 is 23.7 Å². The molecule has 0 saturated heterocycles. The van der Waals surface area contributed by atoms with Gasteiger partial charge >= 0.3 is 0 Å². The summed E-state index contributed by atoms with van der Waals surface area (Å²) >= 11 is 0. The van der Waals surface area contributed by atoms with Crippen LogP contribution in [0.1, 0.15) is 114 Å². The van der Waals surface area contributed by atoms with Crippen molar-refractivity contribution in [2.45, 2.75) is 102 Å². The summed E-state index contributed by atoms with van der Waals surface area (Å²) in [6.07, 6.45) is 19.3. The molecule has 0 aliphatic carbocycles. The van der Waals surface area contributed by atoms with Gasteiger partial charge in [0.1, 0.15) is 5.60 Å². The Morgan fingerprint density at radius 2 is 0.625 bits per heavy atom. The van der Waals surface area contributed by atoms with Crippen LogP contribution in [0, 0.1) is 0 Å². The van der Waals surface area contributed by atoms with E-state index in [1.807, 2.05) is 18.2 Å². The zero-order valence-electron chi connectivity index (χ0n) is 30.0. The van der Waals surface area contributed by atoms with Gasteiger partial charge in [-0.1, -0.05) is 181 Å². The Labute approximate surface area is 292 Å². The molecule has 0 aromatic heterocycles. The first-order valence-corrected chi connectivity index (χ1v) is 19.0. The van der Waals surface area contributed by atoms with Crippen molar-refractivity contribution in [1.29, 1.82) is 0 Å².